The van der Waals surface area contributed by atoms with E-state index >= 15 is 0 Å². The van der Waals surface area contributed by atoms with Gasteiger partial charge in [0.05, 0.1) is 6.10 Å². The highest BCUT2D eigenvalue weighted by molar-refractivity contribution is 5.47. The van der Waals surface area contributed by atoms with E-state index < -0.39 is 6.10 Å². The van der Waals surface area contributed by atoms with Gasteiger partial charge in [0.1, 0.15) is 0 Å². The van der Waals surface area contributed by atoms with Gasteiger partial charge >= 0.3 is 0 Å². The lowest BCUT2D eigenvalue weighted by Crippen LogP contribution is -2.41. The summed E-state index contributed by atoms with van der Waals surface area (Å²) in [5.74, 6) is -0.292. The summed E-state index contributed by atoms with van der Waals surface area (Å²) >= 11 is 0. The lowest BCUT2D eigenvalue weighted by molar-refractivity contribution is 0.110. The lowest BCUT2D eigenvalue weighted by atomic mass is 9.85. The standard InChI is InChI=1S/C13H19NO3/c1-7(2)14-10-4-3-8-5-11(15)12(16)6-9(8)13(10)17/h5-7,10,13-17H,3-4H2,1-2H3/t10-,13-/m1/s1. The van der Waals surface area contributed by atoms with Crippen molar-refractivity contribution in [2.45, 2.75) is 44.9 Å². The maximum absolute atomic E-state index is 10.2. The van der Waals surface area contributed by atoms with Gasteiger partial charge in [-0.25, -0.2) is 0 Å². The average molecular weight is 237 g/mol. The minimum absolute atomic E-state index is 0.00597. The summed E-state index contributed by atoms with van der Waals surface area (Å²) in [6.45, 7) is 4.08. The fourth-order valence-electron chi connectivity index (χ4n) is 2.42. The normalized spacial score (nSPS) is 23.8. The Labute approximate surface area is 101 Å². The Morgan fingerprint density at radius 1 is 1.24 bits per heavy atom. The molecule has 0 saturated carbocycles. The van der Waals surface area contributed by atoms with Crippen LogP contribution in [0.15, 0.2) is 12.1 Å². The molecular formula is C13H19NO3. The van der Waals surface area contributed by atoms with Crippen molar-refractivity contribution < 1.29 is 15.3 Å². The monoisotopic (exact) mass is 237 g/mol. The second-order valence-corrected chi connectivity index (χ2v) is 4.95. The number of benzene rings is 1. The van der Waals surface area contributed by atoms with Crippen LogP contribution in [0.5, 0.6) is 11.5 Å². The second-order valence-electron chi connectivity index (χ2n) is 4.95. The molecule has 4 heteroatoms. The average Bonchev–Trinajstić information content (AvgIpc) is 2.25. The summed E-state index contributed by atoms with van der Waals surface area (Å²) in [5.41, 5.74) is 1.62. The third-order valence-corrected chi connectivity index (χ3v) is 3.21. The molecule has 1 aliphatic rings. The lowest BCUT2D eigenvalue weighted by Gasteiger charge is -2.32. The summed E-state index contributed by atoms with van der Waals surface area (Å²) in [6.07, 6.45) is 0.994. The Morgan fingerprint density at radius 3 is 2.53 bits per heavy atom. The minimum Gasteiger partial charge on any atom is -0.504 e. The first-order chi connectivity index (χ1) is 7.99. The van der Waals surface area contributed by atoms with Crippen LogP contribution in [0.1, 0.15) is 37.5 Å². The third-order valence-electron chi connectivity index (χ3n) is 3.21. The van der Waals surface area contributed by atoms with Crippen molar-refractivity contribution in [2.24, 2.45) is 0 Å². The first-order valence-corrected chi connectivity index (χ1v) is 5.98. The van der Waals surface area contributed by atoms with Crippen LogP contribution >= 0.6 is 0 Å². The molecule has 0 unspecified atom stereocenters. The number of phenols is 2. The highest BCUT2D eigenvalue weighted by atomic mass is 16.3. The van der Waals surface area contributed by atoms with Crippen LogP contribution in [0, 0.1) is 0 Å². The van der Waals surface area contributed by atoms with Gasteiger partial charge in [0, 0.05) is 12.1 Å². The maximum Gasteiger partial charge on any atom is 0.157 e. The maximum atomic E-state index is 10.2. The largest absolute Gasteiger partial charge is 0.504 e. The number of phenolic OH excluding ortho intramolecular Hbond substituents is 2. The zero-order valence-corrected chi connectivity index (χ0v) is 10.1. The van der Waals surface area contributed by atoms with E-state index in [1.165, 1.54) is 6.07 Å². The molecule has 94 valence electrons. The molecule has 0 heterocycles. The van der Waals surface area contributed by atoms with E-state index in [0.717, 1.165) is 18.4 Å². The molecule has 0 fully saturated rings. The molecule has 4 N–H and O–H groups in total. The van der Waals surface area contributed by atoms with Crippen molar-refractivity contribution in [3.63, 3.8) is 0 Å². The van der Waals surface area contributed by atoms with Gasteiger partial charge in [-0.2, -0.15) is 0 Å². The summed E-state index contributed by atoms with van der Waals surface area (Å²) in [6, 6.07) is 3.32. The number of rotatable bonds is 2. The molecule has 0 radical (unpaired) electrons. The molecule has 0 spiro atoms. The first kappa shape index (κ1) is 12.2. The fraction of sp³-hybridized carbons (Fsp3) is 0.538. The van der Waals surface area contributed by atoms with Crippen molar-refractivity contribution in [3.05, 3.63) is 23.3 Å². The van der Waals surface area contributed by atoms with Crippen LogP contribution in [0.3, 0.4) is 0 Å². The molecular weight excluding hydrogens is 218 g/mol. The second kappa shape index (κ2) is 4.55. The Hall–Kier alpha value is -1.26. The van der Waals surface area contributed by atoms with Gasteiger partial charge in [0.25, 0.3) is 0 Å². The molecule has 2 atom stereocenters. The summed E-state index contributed by atoms with van der Waals surface area (Å²) < 4.78 is 0. The van der Waals surface area contributed by atoms with Crippen molar-refractivity contribution in [2.75, 3.05) is 0 Å². The van der Waals surface area contributed by atoms with Crippen molar-refractivity contribution >= 4 is 0 Å². The Morgan fingerprint density at radius 2 is 1.88 bits per heavy atom. The van der Waals surface area contributed by atoms with Crippen LogP contribution in [0.2, 0.25) is 0 Å². The summed E-state index contributed by atoms with van der Waals surface area (Å²) in [4.78, 5) is 0. The Balaban J connectivity index is 2.28. The van der Waals surface area contributed by atoms with Crippen LogP contribution in [-0.4, -0.2) is 27.4 Å². The Bertz CT molecular complexity index is 417. The molecule has 0 aromatic heterocycles. The number of aromatic hydroxyl groups is 2. The van der Waals surface area contributed by atoms with E-state index in [4.69, 9.17) is 0 Å². The van der Waals surface area contributed by atoms with Crippen molar-refractivity contribution in [1.82, 2.24) is 5.32 Å². The number of nitrogens with one attached hydrogen (secondary N) is 1. The Kier molecular flexibility index (Phi) is 3.26. The smallest absolute Gasteiger partial charge is 0.157 e. The van der Waals surface area contributed by atoms with Crippen LogP contribution < -0.4 is 5.32 Å². The molecule has 4 nitrogen and oxygen atoms in total. The van der Waals surface area contributed by atoms with Gasteiger partial charge in [-0.15, -0.1) is 0 Å². The zero-order valence-electron chi connectivity index (χ0n) is 10.1. The van der Waals surface area contributed by atoms with Gasteiger partial charge in [-0.1, -0.05) is 13.8 Å². The van der Waals surface area contributed by atoms with Crippen LogP contribution in [0.25, 0.3) is 0 Å². The van der Waals surface area contributed by atoms with Crippen molar-refractivity contribution in [3.8, 4) is 11.5 Å². The highest BCUT2D eigenvalue weighted by Crippen LogP contribution is 2.37. The van der Waals surface area contributed by atoms with E-state index in [1.807, 2.05) is 13.8 Å². The SMILES string of the molecule is CC(C)N[C@@H]1CCc2cc(O)c(O)cc2[C@H]1O. The number of hydrogen-bond acceptors (Lipinski definition) is 4. The van der Waals surface area contributed by atoms with E-state index in [1.54, 1.807) is 6.07 Å². The molecule has 0 aliphatic heterocycles. The minimum atomic E-state index is -0.632. The molecule has 2 rings (SSSR count). The number of fused-ring (bicyclic) bond motifs is 1. The number of aliphatic hydroxyl groups is 1. The molecule has 1 aromatic carbocycles. The molecule has 0 amide bonds. The first-order valence-electron chi connectivity index (χ1n) is 5.98. The molecule has 1 aliphatic carbocycles. The topological polar surface area (TPSA) is 72.7 Å². The molecule has 0 saturated heterocycles. The number of aryl methyl sites for hydroxylation is 1. The molecule has 17 heavy (non-hydrogen) atoms. The van der Waals surface area contributed by atoms with Crippen molar-refractivity contribution in [1.29, 1.82) is 0 Å². The van der Waals surface area contributed by atoms with Gasteiger partial charge in [0.15, 0.2) is 11.5 Å². The van der Waals surface area contributed by atoms with Gasteiger partial charge < -0.3 is 20.6 Å². The summed E-state index contributed by atoms with van der Waals surface area (Å²) in [7, 11) is 0. The molecule has 1 aromatic rings. The number of hydrogen-bond donors (Lipinski definition) is 4. The van der Waals surface area contributed by atoms with E-state index in [2.05, 4.69) is 5.32 Å². The van der Waals surface area contributed by atoms with Gasteiger partial charge in [-0.05, 0) is 36.1 Å². The predicted octanol–water partition coefficient (Wildman–Crippen LogP) is 1.44. The van der Waals surface area contributed by atoms with E-state index in [9.17, 15) is 15.3 Å². The van der Waals surface area contributed by atoms with E-state index in [-0.39, 0.29) is 17.5 Å². The highest BCUT2D eigenvalue weighted by Gasteiger charge is 2.29. The third kappa shape index (κ3) is 2.37. The molecule has 0 bridgehead atoms. The van der Waals surface area contributed by atoms with Gasteiger partial charge in [0.2, 0.25) is 0 Å². The summed E-state index contributed by atoms with van der Waals surface area (Å²) in [5, 5.41) is 32.4. The quantitative estimate of drug-likeness (QED) is 0.587. The van der Waals surface area contributed by atoms with Gasteiger partial charge in [-0.3, -0.25) is 0 Å². The van der Waals surface area contributed by atoms with Crippen LogP contribution in [-0.2, 0) is 6.42 Å². The fourth-order valence-corrected chi connectivity index (χ4v) is 2.42. The van der Waals surface area contributed by atoms with E-state index in [0.29, 0.717) is 11.6 Å². The number of aliphatic hydroxyl groups excluding tert-OH is 1. The predicted molar refractivity (Wildman–Crippen MR) is 65.1 cm³/mol. The van der Waals surface area contributed by atoms with Crippen LogP contribution in [0.4, 0.5) is 0 Å². The zero-order chi connectivity index (χ0) is 12.6.